The van der Waals surface area contributed by atoms with Crippen molar-refractivity contribution in [2.45, 2.75) is 31.8 Å². The van der Waals surface area contributed by atoms with Gasteiger partial charge in [-0.05, 0) is 43.0 Å². The van der Waals surface area contributed by atoms with Gasteiger partial charge in [0, 0.05) is 13.1 Å². The summed E-state index contributed by atoms with van der Waals surface area (Å²) >= 11 is 0. The SMILES string of the molecule is CC(N)(CN1CCCc2ccccc2C1)c1ccccc1. The summed E-state index contributed by atoms with van der Waals surface area (Å²) in [4.78, 5) is 2.50. The lowest BCUT2D eigenvalue weighted by atomic mass is 9.92. The van der Waals surface area contributed by atoms with Crippen molar-refractivity contribution in [2.24, 2.45) is 5.73 Å². The van der Waals surface area contributed by atoms with E-state index >= 15 is 0 Å². The number of fused-ring (bicyclic) bond motifs is 1. The normalized spacial score (nSPS) is 18.6. The fraction of sp³-hybridized carbons (Fsp3) is 0.368. The maximum Gasteiger partial charge on any atom is 0.0510 e. The third-order valence-electron chi connectivity index (χ3n) is 4.42. The van der Waals surface area contributed by atoms with Gasteiger partial charge in [0.15, 0.2) is 0 Å². The van der Waals surface area contributed by atoms with Crippen molar-refractivity contribution < 1.29 is 0 Å². The third kappa shape index (κ3) is 3.34. The second-order valence-corrected chi connectivity index (χ2v) is 6.37. The van der Waals surface area contributed by atoms with E-state index in [2.05, 4.69) is 60.4 Å². The Kier molecular flexibility index (Phi) is 4.09. The Labute approximate surface area is 127 Å². The van der Waals surface area contributed by atoms with Gasteiger partial charge >= 0.3 is 0 Å². The first kappa shape index (κ1) is 14.3. The molecule has 1 heterocycles. The lowest BCUT2D eigenvalue weighted by Crippen LogP contribution is -2.45. The third-order valence-corrected chi connectivity index (χ3v) is 4.42. The maximum absolute atomic E-state index is 6.60. The smallest absolute Gasteiger partial charge is 0.0510 e. The van der Waals surface area contributed by atoms with Crippen LogP contribution in [0.15, 0.2) is 54.6 Å². The second kappa shape index (κ2) is 6.00. The zero-order valence-electron chi connectivity index (χ0n) is 12.8. The molecular weight excluding hydrogens is 256 g/mol. The summed E-state index contributed by atoms with van der Waals surface area (Å²) in [6.07, 6.45) is 2.39. The van der Waals surface area contributed by atoms with Gasteiger partial charge in [-0.1, -0.05) is 54.6 Å². The molecule has 21 heavy (non-hydrogen) atoms. The summed E-state index contributed by atoms with van der Waals surface area (Å²) in [7, 11) is 0. The van der Waals surface area contributed by atoms with Crippen molar-refractivity contribution in [3.63, 3.8) is 0 Å². The van der Waals surface area contributed by atoms with Crippen LogP contribution in [0.3, 0.4) is 0 Å². The van der Waals surface area contributed by atoms with Crippen LogP contribution < -0.4 is 5.73 Å². The topological polar surface area (TPSA) is 29.3 Å². The minimum absolute atomic E-state index is 0.305. The van der Waals surface area contributed by atoms with Gasteiger partial charge in [-0.15, -0.1) is 0 Å². The van der Waals surface area contributed by atoms with Crippen LogP contribution in [0, 0.1) is 0 Å². The van der Waals surface area contributed by atoms with Gasteiger partial charge in [0.2, 0.25) is 0 Å². The van der Waals surface area contributed by atoms with E-state index in [0.717, 1.165) is 19.6 Å². The Balaban J connectivity index is 1.76. The van der Waals surface area contributed by atoms with Crippen LogP contribution in [0.4, 0.5) is 0 Å². The molecule has 2 aromatic rings. The molecule has 0 aromatic heterocycles. The Bertz CT molecular complexity index is 590. The monoisotopic (exact) mass is 280 g/mol. The average molecular weight is 280 g/mol. The molecule has 3 rings (SSSR count). The number of hydrogen-bond donors (Lipinski definition) is 1. The first-order chi connectivity index (χ1) is 10.1. The second-order valence-electron chi connectivity index (χ2n) is 6.37. The maximum atomic E-state index is 6.60. The fourth-order valence-electron chi connectivity index (χ4n) is 3.28. The highest BCUT2D eigenvalue weighted by atomic mass is 15.1. The summed E-state index contributed by atoms with van der Waals surface area (Å²) in [5.74, 6) is 0. The average Bonchev–Trinajstić information content (AvgIpc) is 2.69. The molecule has 110 valence electrons. The molecule has 2 aromatic carbocycles. The minimum Gasteiger partial charge on any atom is -0.321 e. The number of nitrogens with zero attached hydrogens (tertiary/aromatic N) is 1. The number of hydrogen-bond acceptors (Lipinski definition) is 2. The summed E-state index contributed by atoms with van der Waals surface area (Å²) < 4.78 is 0. The van der Waals surface area contributed by atoms with Crippen molar-refractivity contribution in [3.05, 3.63) is 71.3 Å². The van der Waals surface area contributed by atoms with Crippen molar-refractivity contribution >= 4 is 0 Å². The first-order valence-electron chi connectivity index (χ1n) is 7.79. The van der Waals surface area contributed by atoms with Crippen molar-refractivity contribution in [2.75, 3.05) is 13.1 Å². The quantitative estimate of drug-likeness (QED) is 0.934. The molecule has 0 fully saturated rings. The van der Waals surface area contributed by atoms with E-state index in [1.54, 1.807) is 0 Å². The molecule has 0 aliphatic carbocycles. The standard InChI is InChI=1S/C19H24N2/c1-19(20,18-11-3-2-4-12-18)15-21-13-7-10-16-8-5-6-9-17(16)14-21/h2-6,8-9,11-12H,7,10,13-15,20H2,1H3. The summed E-state index contributed by atoms with van der Waals surface area (Å²) in [5.41, 5.74) is 10.5. The molecule has 0 spiro atoms. The molecule has 1 unspecified atom stereocenters. The van der Waals surface area contributed by atoms with Crippen LogP contribution in [0.25, 0.3) is 0 Å². The van der Waals surface area contributed by atoms with Crippen molar-refractivity contribution in [1.29, 1.82) is 0 Å². The molecule has 2 nitrogen and oxygen atoms in total. The van der Waals surface area contributed by atoms with Gasteiger partial charge in [0.25, 0.3) is 0 Å². The Hall–Kier alpha value is -1.64. The highest BCUT2D eigenvalue weighted by molar-refractivity contribution is 5.28. The van der Waals surface area contributed by atoms with Crippen LogP contribution >= 0.6 is 0 Å². The molecule has 0 amide bonds. The van der Waals surface area contributed by atoms with Gasteiger partial charge in [-0.2, -0.15) is 0 Å². The van der Waals surface area contributed by atoms with Crippen LogP contribution in [-0.4, -0.2) is 18.0 Å². The van der Waals surface area contributed by atoms with E-state index in [1.165, 1.54) is 29.5 Å². The van der Waals surface area contributed by atoms with Gasteiger partial charge in [-0.25, -0.2) is 0 Å². The fourth-order valence-corrected chi connectivity index (χ4v) is 3.28. The van der Waals surface area contributed by atoms with E-state index in [9.17, 15) is 0 Å². The molecule has 0 saturated carbocycles. The molecule has 2 N–H and O–H groups in total. The minimum atomic E-state index is -0.305. The highest BCUT2D eigenvalue weighted by Gasteiger charge is 2.25. The molecule has 0 saturated heterocycles. The van der Waals surface area contributed by atoms with E-state index in [-0.39, 0.29) is 5.54 Å². The van der Waals surface area contributed by atoms with Crippen LogP contribution in [-0.2, 0) is 18.5 Å². The Morgan fingerprint density at radius 1 is 1.00 bits per heavy atom. The van der Waals surface area contributed by atoms with Crippen LogP contribution in [0.5, 0.6) is 0 Å². The molecule has 0 radical (unpaired) electrons. The predicted molar refractivity (Wildman–Crippen MR) is 88.0 cm³/mol. The van der Waals surface area contributed by atoms with Crippen molar-refractivity contribution in [3.8, 4) is 0 Å². The molecule has 2 heteroatoms. The number of benzene rings is 2. The molecule has 1 atom stereocenters. The zero-order chi connectivity index (χ0) is 14.7. The van der Waals surface area contributed by atoms with Gasteiger partial charge in [0.1, 0.15) is 0 Å². The Morgan fingerprint density at radius 3 is 2.43 bits per heavy atom. The molecule has 1 aliphatic rings. The van der Waals surface area contributed by atoms with Gasteiger partial charge < -0.3 is 5.73 Å². The molecule has 1 aliphatic heterocycles. The van der Waals surface area contributed by atoms with Gasteiger partial charge in [0.05, 0.1) is 5.54 Å². The largest absolute Gasteiger partial charge is 0.321 e. The molecule has 0 bridgehead atoms. The van der Waals surface area contributed by atoms with E-state index in [0.29, 0.717) is 0 Å². The number of nitrogens with two attached hydrogens (primary N) is 1. The summed E-state index contributed by atoms with van der Waals surface area (Å²) in [6.45, 7) is 5.16. The van der Waals surface area contributed by atoms with Crippen LogP contribution in [0.1, 0.15) is 30.0 Å². The number of rotatable bonds is 3. The van der Waals surface area contributed by atoms with Crippen molar-refractivity contribution in [1.82, 2.24) is 4.90 Å². The Morgan fingerprint density at radius 2 is 1.67 bits per heavy atom. The predicted octanol–water partition coefficient (Wildman–Crippen LogP) is 3.31. The van der Waals surface area contributed by atoms with E-state index in [1.807, 2.05) is 6.07 Å². The summed E-state index contributed by atoms with van der Waals surface area (Å²) in [5, 5.41) is 0. The van der Waals surface area contributed by atoms with Gasteiger partial charge in [-0.3, -0.25) is 4.90 Å². The highest BCUT2D eigenvalue weighted by Crippen LogP contribution is 2.23. The van der Waals surface area contributed by atoms with E-state index < -0.39 is 0 Å². The molecular formula is C19H24N2. The number of aryl methyl sites for hydroxylation is 1. The van der Waals surface area contributed by atoms with E-state index in [4.69, 9.17) is 5.73 Å². The zero-order valence-corrected chi connectivity index (χ0v) is 12.8. The lowest BCUT2D eigenvalue weighted by Gasteiger charge is -2.32. The first-order valence-corrected chi connectivity index (χ1v) is 7.79. The summed E-state index contributed by atoms with van der Waals surface area (Å²) in [6, 6.07) is 19.2. The lowest BCUT2D eigenvalue weighted by molar-refractivity contribution is 0.212. The van der Waals surface area contributed by atoms with Crippen LogP contribution in [0.2, 0.25) is 0 Å².